The first-order chi connectivity index (χ1) is 14.3. The Balaban J connectivity index is 1.49. The molecule has 1 amide bonds. The van der Waals surface area contributed by atoms with Gasteiger partial charge in [-0.25, -0.2) is 4.79 Å². The summed E-state index contributed by atoms with van der Waals surface area (Å²) in [5, 5.41) is 8.46. The summed E-state index contributed by atoms with van der Waals surface area (Å²) in [5.74, 6) is -0.858. The van der Waals surface area contributed by atoms with Crippen molar-refractivity contribution >= 4 is 39.6 Å². The number of carbonyl (C=O) groups excluding carboxylic acids is 2. The molecule has 11 heteroatoms. The van der Waals surface area contributed by atoms with Crippen molar-refractivity contribution in [2.75, 3.05) is 12.4 Å². The van der Waals surface area contributed by atoms with E-state index in [1.807, 2.05) is 0 Å². The molecule has 1 N–H and O–H groups in total. The number of aromatic nitrogens is 2. The number of nitrogens with one attached hydrogen (secondary N) is 1. The van der Waals surface area contributed by atoms with Gasteiger partial charge < -0.3 is 10.1 Å². The lowest BCUT2D eigenvalue weighted by atomic mass is 10.1. The number of amides is 1. The lowest BCUT2D eigenvalue weighted by molar-refractivity contribution is -0.141. The zero-order valence-corrected chi connectivity index (χ0v) is 17.3. The number of aryl methyl sites for hydroxylation is 1. The molecule has 158 valence electrons. The van der Waals surface area contributed by atoms with Crippen molar-refractivity contribution < 1.29 is 27.5 Å². The molecule has 3 heterocycles. The van der Waals surface area contributed by atoms with Crippen LogP contribution in [0.25, 0.3) is 0 Å². The van der Waals surface area contributed by atoms with E-state index in [1.165, 1.54) is 40.7 Å². The minimum atomic E-state index is -4.50. The maximum atomic E-state index is 12.7. The Labute approximate surface area is 177 Å². The van der Waals surface area contributed by atoms with E-state index in [1.54, 1.807) is 11.4 Å². The number of halogens is 3. The summed E-state index contributed by atoms with van der Waals surface area (Å²) in [5.41, 5.74) is 1.05. The Morgan fingerprint density at radius 2 is 2.13 bits per heavy atom. The highest BCUT2D eigenvalue weighted by atomic mass is 32.1. The standard InChI is InChI=1S/C19H16F3N3O3S2/c1-28-18(27)15-11-3-2-4-12(11)30-17(15)23-16(26)13-7-10(9-29-13)8-25-6-5-14(24-25)19(20,21)22/h5-7,9H,2-4,8H2,1H3,(H,23,26). The monoisotopic (exact) mass is 455 g/mol. The number of carbonyl (C=O) groups is 2. The molecule has 0 radical (unpaired) electrons. The second-order valence-electron chi connectivity index (χ2n) is 6.72. The molecule has 3 aromatic heterocycles. The van der Waals surface area contributed by atoms with Gasteiger partial charge in [-0.05, 0) is 47.9 Å². The van der Waals surface area contributed by atoms with Gasteiger partial charge in [0.15, 0.2) is 5.69 Å². The van der Waals surface area contributed by atoms with Crippen LogP contribution in [-0.4, -0.2) is 28.8 Å². The number of anilines is 1. The Morgan fingerprint density at radius 3 is 2.83 bits per heavy atom. The summed E-state index contributed by atoms with van der Waals surface area (Å²) in [6.07, 6.45) is -0.637. The normalized spacial score (nSPS) is 13.3. The van der Waals surface area contributed by atoms with Crippen molar-refractivity contribution in [2.24, 2.45) is 0 Å². The molecule has 0 spiro atoms. The third-order valence-electron chi connectivity index (χ3n) is 4.69. The Hall–Kier alpha value is -2.66. The number of alkyl halides is 3. The summed E-state index contributed by atoms with van der Waals surface area (Å²) in [6, 6.07) is 2.51. The second kappa shape index (κ2) is 7.88. The average Bonchev–Trinajstić information content (AvgIpc) is 3.44. The Kier molecular flexibility index (Phi) is 5.41. The summed E-state index contributed by atoms with van der Waals surface area (Å²) >= 11 is 2.55. The van der Waals surface area contributed by atoms with E-state index in [0.29, 0.717) is 21.0 Å². The highest BCUT2D eigenvalue weighted by Gasteiger charge is 2.33. The number of fused-ring (bicyclic) bond motifs is 1. The van der Waals surface area contributed by atoms with E-state index in [4.69, 9.17) is 4.74 Å². The number of esters is 1. The molecule has 1 aliphatic rings. The molecule has 4 rings (SSSR count). The van der Waals surface area contributed by atoms with E-state index in [2.05, 4.69) is 10.4 Å². The highest BCUT2D eigenvalue weighted by Crippen LogP contribution is 2.39. The molecule has 1 aliphatic carbocycles. The zero-order valence-electron chi connectivity index (χ0n) is 15.7. The third-order valence-corrected chi connectivity index (χ3v) is 6.88. The van der Waals surface area contributed by atoms with Crippen LogP contribution in [0.3, 0.4) is 0 Å². The molecule has 0 bridgehead atoms. The van der Waals surface area contributed by atoms with Crippen LogP contribution in [0.2, 0.25) is 0 Å². The molecule has 0 unspecified atom stereocenters. The number of hydrogen-bond acceptors (Lipinski definition) is 6. The first-order valence-corrected chi connectivity index (χ1v) is 10.7. The van der Waals surface area contributed by atoms with Gasteiger partial charge in [-0.1, -0.05) is 0 Å². The number of ether oxygens (including phenoxy) is 1. The van der Waals surface area contributed by atoms with Gasteiger partial charge in [0.25, 0.3) is 5.91 Å². The SMILES string of the molecule is COC(=O)c1c(NC(=O)c2cc(Cn3ccc(C(F)(F)F)n3)cs2)sc2c1CCC2. The molecule has 0 fully saturated rings. The number of methoxy groups -OCH3 is 1. The number of thiophene rings is 2. The predicted molar refractivity (Wildman–Crippen MR) is 106 cm³/mol. The van der Waals surface area contributed by atoms with E-state index in [0.717, 1.165) is 35.8 Å². The fraction of sp³-hybridized carbons (Fsp3) is 0.316. The molecule has 0 atom stereocenters. The number of rotatable bonds is 5. The lowest BCUT2D eigenvalue weighted by Crippen LogP contribution is -2.13. The minimum absolute atomic E-state index is 0.112. The first-order valence-electron chi connectivity index (χ1n) is 8.98. The van der Waals surface area contributed by atoms with Crippen LogP contribution in [0, 0.1) is 0 Å². The molecular formula is C19H16F3N3O3S2. The molecular weight excluding hydrogens is 439 g/mol. The van der Waals surface area contributed by atoms with Gasteiger partial charge in [0.05, 0.1) is 24.1 Å². The highest BCUT2D eigenvalue weighted by molar-refractivity contribution is 7.17. The number of hydrogen-bond donors (Lipinski definition) is 1. The van der Waals surface area contributed by atoms with Crippen molar-refractivity contribution in [1.29, 1.82) is 0 Å². The first kappa shape index (κ1) is 20.6. The van der Waals surface area contributed by atoms with Gasteiger partial charge in [0, 0.05) is 11.1 Å². The van der Waals surface area contributed by atoms with Crippen molar-refractivity contribution in [3.8, 4) is 0 Å². The van der Waals surface area contributed by atoms with Crippen LogP contribution >= 0.6 is 22.7 Å². The van der Waals surface area contributed by atoms with Crippen LogP contribution in [-0.2, 0) is 30.3 Å². The molecule has 6 nitrogen and oxygen atoms in total. The van der Waals surface area contributed by atoms with E-state index >= 15 is 0 Å². The van der Waals surface area contributed by atoms with E-state index < -0.39 is 17.8 Å². The van der Waals surface area contributed by atoms with E-state index in [9.17, 15) is 22.8 Å². The quantitative estimate of drug-likeness (QED) is 0.571. The third kappa shape index (κ3) is 3.99. The summed E-state index contributed by atoms with van der Waals surface area (Å²) in [4.78, 5) is 26.4. The maximum Gasteiger partial charge on any atom is 0.435 e. The fourth-order valence-corrected chi connectivity index (χ4v) is 5.41. The maximum absolute atomic E-state index is 12.7. The Bertz CT molecular complexity index is 1110. The van der Waals surface area contributed by atoms with Gasteiger partial charge in [-0.3, -0.25) is 9.48 Å². The van der Waals surface area contributed by atoms with Crippen molar-refractivity contribution in [3.05, 3.63) is 55.8 Å². The largest absolute Gasteiger partial charge is 0.465 e. The van der Waals surface area contributed by atoms with Gasteiger partial charge >= 0.3 is 12.1 Å². The number of nitrogens with zero attached hydrogens (tertiary/aromatic N) is 2. The van der Waals surface area contributed by atoms with Gasteiger partial charge in [0.1, 0.15) is 5.00 Å². The molecule has 30 heavy (non-hydrogen) atoms. The van der Waals surface area contributed by atoms with Crippen LogP contribution in [0.5, 0.6) is 0 Å². The summed E-state index contributed by atoms with van der Waals surface area (Å²) in [6.45, 7) is 0.112. The molecule has 0 saturated carbocycles. The Morgan fingerprint density at radius 1 is 1.33 bits per heavy atom. The minimum Gasteiger partial charge on any atom is -0.465 e. The van der Waals surface area contributed by atoms with E-state index in [-0.39, 0.29) is 12.5 Å². The zero-order chi connectivity index (χ0) is 21.5. The predicted octanol–water partition coefficient (Wildman–Crippen LogP) is 4.60. The van der Waals surface area contributed by atoms with Crippen molar-refractivity contribution in [3.63, 3.8) is 0 Å². The van der Waals surface area contributed by atoms with Gasteiger partial charge in [-0.15, -0.1) is 22.7 Å². The van der Waals surface area contributed by atoms with Crippen LogP contribution in [0.15, 0.2) is 23.7 Å². The fourth-order valence-electron chi connectivity index (χ4n) is 3.34. The summed E-state index contributed by atoms with van der Waals surface area (Å²) < 4.78 is 44.1. The van der Waals surface area contributed by atoms with Crippen LogP contribution in [0.1, 0.15) is 48.1 Å². The van der Waals surface area contributed by atoms with Crippen molar-refractivity contribution in [2.45, 2.75) is 32.0 Å². The van der Waals surface area contributed by atoms with Crippen molar-refractivity contribution in [1.82, 2.24) is 9.78 Å². The van der Waals surface area contributed by atoms with Gasteiger partial charge in [-0.2, -0.15) is 18.3 Å². The molecule has 0 saturated heterocycles. The molecule has 0 aromatic carbocycles. The summed E-state index contributed by atoms with van der Waals surface area (Å²) in [7, 11) is 1.30. The van der Waals surface area contributed by atoms with Gasteiger partial charge in [0.2, 0.25) is 0 Å². The average molecular weight is 455 g/mol. The van der Waals surface area contributed by atoms with Crippen LogP contribution < -0.4 is 5.32 Å². The topological polar surface area (TPSA) is 73.2 Å². The molecule has 0 aliphatic heterocycles. The lowest BCUT2D eigenvalue weighted by Gasteiger charge is -2.06. The van der Waals surface area contributed by atoms with Crippen LogP contribution in [0.4, 0.5) is 18.2 Å². The second-order valence-corrected chi connectivity index (χ2v) is 8.74. The smallest absolute Gasteiger partial charge is 0.435 e. The molecule has 3 aromatic rings.